The van der Waals surface area contributed by atoms with E-state index in [0.717, 1.165) is 17.7 Å². The number of ether oxygens (including phenoxy) is 1. The first-order chi connectivity index (χ1) is 10.5. The number of amides is 2. The lowest BCUT2D eigenvalue weighted by Crippen LogP contribution is -2.43. The number of nitrogens with one attached hydrogen (secondary N) is 2. The molecular weight excluding hydrogens is 280 g/mol. The molecule has 2 unspecified atom stereocenters. The molecule has 0 heterocycles. The monoisotopic (exact) mass is 308 g/mol. The standard InChI is InChI=1S/C17H28N2O3/c1-5-15(9-10-20)19-17(21)18-13(4)14-7-6-8-16(11-14)22-12(2)3/h6-8,11-13,15,20H,5,9-10H2,1-4H3,(H2,18,19,21). The topological polar surface area (TPSA) is 70.6 Å². The summed E-state index contributed by atoms with van der Waals surface area (Å²) in [5.41, 5.74) is 0.989. The van der Waals surface area contributed by atoms with Gasteiger partial charge in [-0.1, -0.05) is 19.1 Å². The molecule has 3 N–H and O–H groups in total. The molecule has 1 aromatic carbocycles. The molecule has 1 aromatic rings. The minimum atomic E-state index is -0.219. The molecule has 2 atom stereocenters. The van der Waals surface area contributed by atoms with Crippen molar-refractivity contribution in [2.45, 2.75) is 58.7 Å². The quantitative estimate of drug-likeness (QED) is 0.691. The second-order valence-electron chi connectivity index (χ2n) is 5.70. The highest BCUT2D eigenvalue weighted by Crippen LogP contribution is 2.20. The highest BCUT2D eigenvalue weighted by atomic mass is 16.5. The fourth-order valence-corrected chi connectivity index (χ4v) is 2.17. The van der Waals surface area contributed by atoms with E-state index in [-0.39, 0.29) is 30.8 Å². The lowest BCUT2D eigenvalue weighted by atomic mass is 10.1. The number of carbonyl (C=O) groups is 1. The summed E-state index contributed by atoms with van der Waals surface area (Å²) in [5.74, 6) is 0.799. The molecular formula is C17H28N2O3. The van der Waals surface area contributed by atoms with Gasteiger partial charge in [-0.3, -0.25) is 0 Å². The molecule has 0 radical (unpaired) electrons. The van der Waals surface area contributed by atoms with E-state index in [9.17, 15) is 4.79 Å². The molecule has 0 spiro atoms. The van der Waals surface area contributed by atoms with E-state index in [1.54, 1.807) is 0 Å². The molecule has 2 amide bonds. The van der Waals surface area contributed by atoms with E-state index in [4.69, 9.17) is 9.84 Å². The van der Waals surface area contributed by atoms with Gasteiger partial charge in [0.05, 0.1) is 12.1 Å². The first kappa shape index (κ1) is 18.3. The van der Waals surface area contributed by atoms with E-state index in [1.807, 2.05) is 52.0 Å². The maximum atomic E-state index is 12.0. The minimum absolute atomic E-state index is 0.00666. The first-order valence-electron chi connectivity index (χ1n) is 7.90. The number of aliphatic hydroxyl groups is 1. The van der Waals surface area contributed by atoms with E-state index in [2.05, 4.69) is 10.6 Å². The van der Waals surface area contributed by atoms with Crippen LogP contribution >= 0.6 is 0 Å². The minimum Gasteiger partial charge on any atom is -0.491 e. The van der Waals surface area contributed by atoms with Gasteiger partial charge >= 0.3 is 6.03 Å². The Kier molecular flexibility index (Phi) is 7.74. The Morgan fingerprint density at radius 3 is 2.59 bits per heavy atom. The van der Waals surface area contributed by atoms with Crippen molar-refractivity contribution in [3.63, 3.8) is 0 Å². The second-order valence-corrected chi connectivity index (χ2v) is 5.70. The predicted molar refractivity (Wildman–Crippen MR) is 88.1 cm³/mol. The molecule has 0 bridgehead atoms. The SMILES string of the molecule is CCC(CCO)NC(=O)NC(C)c1cccc(OC(C)C)c1. The Hall–Kier alpha value is -1.75. The maximum Gasteiger partial charge on any atom is 0.315 e. The fraction of sp³-hybridized carbons (Fsp3) is 0.588. The zero-order valence-corrected chi connectivity index (χ0v) is 13.9. The molecule has 0 aliphatic rings. The van der Waals surface area contributed by atoms with Crippen LogP contribution in [0.1, 0.15) is 52.1 Å². The third-order valence-electron chi connectivity index (χ3n) is 3.38. The fourth-order valence-electron chi connectivity index (χ4n) is 2.17. The van der Waals surface area contributed by atoms with Crippen molar-refractivity contribution in [2.75, 3.05) is 6.61 Å². The van der Waals surface area contributed by atoms with E-state index in [0.29, 0.717) is 6.42 Å². The summed E-state index contributed by atoms with van der Waals surface area (Å²) in [7, 11) is 0. The summed E-state index contributed by atoms with van der Waals surface area (Å²) < 4.78 is 5.67. The van der Waals surface area contributed by atoms with Crippen LogP contribution in [0.15, 0.2) is 24.3 Å². The number of hydrogen-bond acceptors (Lipinski definition) is 3. The van der Waals surface area contributed by atoms with Crippen molar-refractivity contribution in [1.29, 1.82) is 0 Å². The van der Waals surface area contributed by atoms with Crippen molar-refractivity contribution >= 4 is 6.03 Å². The summed E-state index contributed by atoms with van der Waals surface area (Å²) in [4.78, 5) is 12.0. The van der Waals surface area contributed by atoms with Gasteiger partial charge in [-0.25, -0.2) is 4.79 Å². The average Bonchev–Trinajstić information content (AvgIpc) is 2.46. The molecule has 0 aliphatic carbocycles. The third-order valence-corrected chi connectivity index (χ3v) is 3.38. The van der Waals surface area contributed by atoms with Crippen LogP contribution in [0, 0.1) is 0 Å². The highest BCUT2D eigenvalue weighted by molar-refractivity contribution is 5.74. The predicted octanol–water partition coefficient (Wildman–Crippen LogP) is 3.00. The molecule has 5 heteroatoms. The van der Waals surface area contributed by atoms with Crippen molar-refractivity contribution in [1.82, 2.24) is 10.6 Å². The lowest BCUT2D eigenvalue weighted by molar-refractivity contribution is 0.225. The van der Waals surface area contributed by atoms with Crippen molar-refractivity contribution < 1.29 is 14.6 Å². The van der Waals surface area contributed by atoms with Crippen molar-refractivity contribution in [3.05, 3.63) is 29.8 Å². The van der Waals surface area contributed by atoms with E-state index < -0.39 is 0 Å². The van der Waals surface area contributed by atoms with Crippen LogP contribution in [0.4, 0.5) is 4.79 Å². The van der Waals surface area contributed by atoms with Gasteiger partial charge in [0.15, 0.2) is 0 Å². The maximum absolute atomic E-state index is 12.0. The molecule has 5 nitrogen and oxygen atoms in total. The van der Waals surface area contributed by atoms with Crippen LogP contribution in [0.25, 0.3) is 0 Å². The highest BCUT2D eigenvalue weighted by Gasteiger charge is 2.13. The largest absolute Gasteiger partial charge is 0.491 e. The van der Waals surface area contributed by atoms with Gasteiger partial charge in [0.2, 0.25) is 0 Å². The molecule has 124 valence electrons. The number of carbonyl (C=O) groups excluding carboxylic acids is 1. The van der Waals surface area contributed by atoms with Crippen LogP contribution in [0.3, 0.4) is 0 Å². The van der Waals surface area contributed by atoms with Gasteiger partial charge in [-0.2, -0.15) is 0 Å². The Morgan fingerprint density at radius 1 is 1.27 bits per heavy atom. The van der Waals surface area contributed by atoms with Gasteiger partial charge in [0.25, 0.3) is 0 Å². The van der Waals surface area contributed by atoms with E-state index in [1.165, 1.54) is 0 Å². The Bertz CT molecular complexity index is 463. The van der Waals surface area contributed by atoms with Crippen LogP contribution < -0.4 is 15.4 Å². The number of rotatable bonds is 8. The summed E-state index contributed by atoms with van der Waals surface area (Å²) in [6, 6.07) is 7.38. The Labute approximate surface area is 133 Å². The molecule has 0 aliphatic heterocycles. The second kappa shape index (κ2) is 9.30. The average molecular weight is 308 g/mol. The lowest BCUT2D eigenvalue weighted by Gasteiger charge is -2.20. The van der Waals surface area contributed by atoms with Gasteiger partial charge in [-0.15, -0.1) is 0 Å². The van der Waals surface area contributed by atoms with Crippen LogP contribution in [-0.2, 0) is 0 Å². The Morgan fingerprint density at radius 2 is 2.00 bits per heavy atom. The van der Waals surface area contributed by atoms with Gasteiger partial charge in [-0.05, 0) is 51.3 Å². The Balaban J connectivity index is 2.60. The molecule has 0 aromatic heterocycles. The molecule has 0 saturated heterocycles. The van der Waals surface area contributed by atoms with Crippen LogP contribution in [-0.4, -0.2) is 29.9 Å². The van der Waals surface area contributed by atoms with E-state index >= 15 is 0 Å². The zero-order valence-electron chi connectivity index (χ0n) is 13.9. The zero-order chi connectivity index (χ0) is 16.5. The van der Waals surface area contributed by atoms with Crippen LogP contribution in [0.5, 0.6) is 5.75 Å². The normalized spacial score (nSPS) is 13.5. The third kappa shape index (κ3) is 6.35. The number of urea groups is 1. The number of aliphatic hydroxyl groups excluding tert-OH is 1. The van der Waals surface area contributed by atoms with Gasteiger partial charge in [0.1, 0.15) is 5.75 Å². The number of benzene rings is 1. The van der Waals surface area contributed by atoms with Crippen molar-refractivity contribution in [3.8, 4) is 5.75 Å². The smallest absolute Gasteiger partial charge is 0.315 e. The summed E-state index contributed by atoms with van der Waals surface area (Å²) in [5, 5.41) is 14.7. The summed E-state index contributed by atoms with van der Waals surface area (Å²) in [6.07, 6.45) is 1.47. The molecule has 0 fully saturated rings. The van der Waals surface area contributed by atoms with Gasteiger partial charge in [0, 0.05) is 12.6 Å². The number of hydrogen-bond donors (Lipinski definition) is 3. The molecule has 1 rings (SSSR count). The summed E-state index contributed by atoms with van der Waals surface area (Å²) >= 11 is 0. The summed E-state index contributed by atoms with van der Waals surface area (Å²) in [6.45, 7) is 7.95. The first-order valence-corrected chi connectivity index (χ1v) is 7.90. The molecule has 22 heavy (non-hydrogen) atoms. The molecule has 0 saturated carbocycles. The van der Waals surface area contributed by atoms with Gasteiger partial charge < -0.3 is 20.5 Å². The van der Waals surface area contributed by atoms with Crippen LogP contribution in [0.2, 0.25) is 0 Å². The van der Waals surface area contributed by atoms with Crippen molar-refractivity contribution in [2.24, 2.45) is 0 Å².